The molecule has 2 aromatic rings. The number of carbonyl (C=O) groups is 1. The van der Waals surface area contributed by atoms with Crippen LogP contribution in [0.25, 0.3) is 0 Å². The molecule has 0 radical (unpaired) electrons. The fraction of sp³-hybridized carbons (Fsp3) is 0.312. The van der Waals surface area contributed by atoms with Crippen LogP contribution in [0.1, 0.15) is 11.8 Å². The number of thiophene rings is 1. The average molecular weight is 337 g/mol. The summed E-state index contributed by atoms with van der Waals surface area (Å²) in [5, 5.41) is 1.98. The minimum absolute atomic E-state index is 0.0931. The lowest BCUT2D eigenvalue weighted by Crippen LogP contribution is -2.33. The highest BCUT2D eigenvalue weighted by Gasteiger charge is 2.23. The maximum atomic E-state index is 12.6. The molecule has 1 unspecified atom stereocenters. The predicted octanol–water partition coefficient (Wildman–Crippen LogP) is 2.99. The molecule has 118 valence electrons. The number of nitrogens with zero attached hydrogens (tertiary/aromatic N) is 1. The summed E-state index contributed by atoms with van der Waals surface area (Å²) >= 11 is 1.62. The molecule has 1 amide bonds. The Morgan fingerprint density at radius 3 is 2.50 bits per heavy atom. The lowest BCUT2D eigenvalue weighted by molar-refractivity contribution is -0.121. The number of hydrogen-bond acceptors (Lipinski definition) is 4. The second kappa shape index (κ2) is 6.62. The molecule has 0 aliphatic heterocycles. The highest BCUT2D eigenvalue weighted by atomic mass is 32.2. The molecule has 1 heterocycles. The molecular formula is C16H19NO3S2. The number of para-hydroxylation sites is 1. The quantitative estimate of drug-likeness (QED) is 0.843. The number of amides is 1. The maximum absolute atomic E-state index is 12.6. The number of carbonyl (C=O) groups excluding carboxylic acids is 1. The van der Waals surface area contributed by atoms with Crippen molar-refractivity contribution >= 4 is 32.8 Å². The molecule has 0 saturated carbocycles. The topological polar surface area (TPSA) is 54.5 Å². The Kier molecular flexibility index (Phi) is 5.03. The van der Waals surface area contributed by atoms with Gasteiger partial charge in [0.2, 0.25) is 5.91 Å². The molecular weight excluding hydrogens is 318 g/mol. The van der Waals surface area contributed by atoms with Crippen LogP contribution in [0.15, 0.2) is 46.7 Å². The number of hydrogen-bond donors (Lipinski definition) is 0. The van der Waals surface area contributed by atoms with Crippen molar-refractivity contribution in [2.45, 2.75) is 18.2 Å². The van der Waals surface area contributed by atoms with Gasteiger partial charge in [0, 0.05) is 24.1 Å². The van der Waals surface area contributed by atoms with Gasteiger partial charge in [0.25, 0.3) is 0 Å². The van der Waals surface area contributed by atoms with E-state index in [-0.39, 0.29) is 16.7 Å². The van der Waals surface area contributed by atoms with E-state index in [1.165, 1.54) is 11.0 Å². The van der Waals surface area contributed by atoms with E-state index in [0.29, 0.717) is 12.1 Å². The number of benzene rings is 1. The summed E-state index contributed by atoms with van der Waals surface area (Å²) in [5.74, 6) is -0.305. The van der Waals surface area contributed by atoms with E-state index in [0.717, 1.165) is 11.1 Å². The Morgan fingerprint density at radius 2 is 1.91 bits per heavy atom. The van der Waals surface area contributed by atoms with E-state index in [4.69, 9.17) is 0 Å². The van der Waals surface area contributed by atoms with E-state index < -0.39 is 9.84 Å². The van der Waals surface area contributed by atoms with Crippen molar-refractivity contribution in [1.82, 2.24) is 0 Å². The molecule has 0 fully saturated rings. The van der Waals surface area contributed by atoms with Crippen LogP contribution >= 0.6 is 11.3 Å². The van der Waals surface area contributed by atoms with Crippen molar-refractivity contribution in [3.8, 4) is 0 Å². The van der Waals surface area contributed by atoms with E-state index in [1.54, 1.807) is 36.6 Å². The van der Waals surface area contributed by atoms with Gasteiger partial charge >= 0.3 is 0 Å². The molecule has 22 heavy (non-hydrogen) atoms. The Balaban J connectivity index is 2.24. The summed E-state index contributed by atoms with van der Waals surface area (Å²) < 4.78 is 23.7. The molecule has 0 aliphatic carbocycles. The molecule has 0 saturated heterocycles. The zero-order valence-corrected chi connectivity index (χ0v) is 14.4. The third kappa shape index (κ3) is 3.75. The summed E-state index contributed by atoms with van der Waals surface area (Å²) in [4.78, 5) is 15.3. The second-order valence-corrected chi connectivity index (χ2v) is 8.34. The Morgan fingerprint density at radius 1 is 1.23 bits per heavy atom. The molecule has 2 rings (SSSR count). The van der Waals surface area contributed by atoms with Crippen molar-refractivity contribution in [3.63, 3.8) is 0 Å². The van der Waals surface area contributed by atoms with Gasteiger partial charge in [0.1, 0.15) is 0 Å². The minimum Gasteiger partial charge on any atom is -0.314 e. The van der Waals surface area contributed by atoms with Crippen LogP contribution in [0.4, 0.5) is 5.69 Å². The number of sulfone groups is 1. The fourth-order valence-corrected chi connectivity index (χ4v) is 4.06. The molecule has 1 aromatic carbocycles. The summed E-state index contributed by atoms with van der Waals surface area (Å²) in [5.41, 5.74) is 0.424. The average Bonchev–Trinajstić information content (AvgIpc) is 2.97. The second-order valence-electron chi connectivity index (χ2n) is 5.32. The van der Waals surface area contributed by atoms with Crippen LogP contribution in [0, 0.1) is 5.92 Å². The number of rotatable bonds is 5. The first-order valence-electron chi connectivity index (χ1n) is 6.89. The monoisotopic (exact) mass is 337 g/mol. The lowest BCUT2D eigenvalue weighted by atomic mass is 10.1. The molecule has 1 atom stereocenters. The Hall–Kier alpha value is -1.66. The zero-order valence-electron chi connectivity index (χ0n) is 12.8. The van der Waals surface area contributed by atoms with Crippen molar-refractivity contribution in [3.05, 3.63) is 46.7 Å². The maximum Gasteiger partial charge on any atom is 0.229 e. The van der Waals surface area contributed by atoms with Crippen LogP contribution in [0.2, 0.25) is 0 Å². The van der Waals surface area contributed by atoms with Crippen LogP contribution in [0.3, 0.4) is 0 Å². The Bertz CT molecular complexity index is 751. The molecule has 0 bridgehead atoms. The molecule has 0 N–H and O–H groups in total. The molecule has 0 aliphatic rings. The van der Waals surface area contributed by atoms with Gasteiger partial charge in [-0.3, -0.25) is 4.79 Å². The lowest BCUT2D eigenvalue weighted by Gasteiger charge is -2.23. The first kappa shape index (κ1) is 16.7. The zero-order chi connectivity index (χ0) is 16.3. The van der Waals surface area contributed by atoms with E-state index in [1.807, 2.05) is 24.4 Å². The van der Waals surface area contributed by atoms with Crippen molar-refractivity contribution in [2.75, 3.05) is 18.2 Å². The van der Waals surface area contributed by atoms with Gasteiger partial charge in [-0.05, 0) is 30.0 Å². The SMILES string of the molecule is CC(Cc1cccs1)C(=O)N(C)c1ccccc1S(C)(=O)=O. The van der Waals surface area contributed by atoms with Gasteiger partial charge < -0.3 is 4.90 Å². The highest BCUT2D eigenvalue weighted by molar-refractivity contribution is 7.90. The van der Waals surface area contributed by atoms with Gasteiger partial charge in [0.15, 0.2) is 9.84 Å². The largest absolute Gasteiger partial charge is 0.314 e. The van der Waals surface area contributed by atoms with Crippen LogP contribution in [0.5, 0.6) is 0 Å². The number of anilines is 1. The van der Waals surface area contributed by atoms with E-state index >= 15 is 0 Å². The van der Waals surface area contributed by atoms with Crippen LogP contribution in [-0.2, 0) is 21.1 Å². The normalized spacial score (nSPS) is 12.9. The minimum atomic E-state index is -3.38. The molecule has 1 aromatic heterocycles. The van der Waals surface area contributed by atoms with Crippen molar-refractivity contribution in [2.24, 2.45) is 5.92 Å². The van der Waals surface area contributed by atoms with Crippen LogP contribution < -0.4 is 4.90 Å². The van der Waals surface area contributed by atoms with Gasteiger partial charge in [-0.15, -0.1) is 11.3 Å². The molecule has 4 nitrogen and oxygen atoms in total. The van der Waals surface area contributed by atoms with Gasteiger partial charge in [-0.25, -0.2) is 8.42 Å². The summed E-state index contributed by atoms with van der Waals surface area (Å²) in [7, 11) is -1.76. The van der Waals surface area contributed by atoms with Crippen molar-refractivity contribution in [1.29, 1.82) is 0 Å². The first-order chi connectivity index (χ1) is 10.3. The van der Waals surface area contributed by atoms with E-state index in [9.17, 15) is 13.2 Å². The third-order valence-electron chi connectivity index (χ3n) is 3.47. The fourth-order valence-electron chi connectivity index (χ4n) is 2.31. The summed E-state index contributed by atoms with van der Waals surface area (Å²) in [6, 6.07) is 10.5. The molecule has 0 spiro atoms. The molecule has 6 heteroatoms. The predicted molar refractivity (Wildman–Crippen MR) is 90.1 cm³/mol. The summed E-state index contributed by atoms with van der Waals surface area (Å²) in [6.45, 7) is 1.86. The smallest absolute Gasteiger partial charge is 0.229 e. The Labute approximate surface area is 135 Å². The highest BCUT2D eigenvalue weighted by Crippen LogP contribution is 2.26. The van der Waals surface area contributed by atoms with Crippen LogP contribution in [-0.4, -0.2) is 27.6 Å². The standard InChI is InChI=1S/C16H19NO3S2/c1-12(11-13-7-6-10-21-13)16(18)17(2)14-8-4-5-9-15(14)22(3,19)20/h4-10,12H,11H2,1-3H3. The first-order valence-corrected chi connectivity index (χ1v) is 9.67. The summed E-state index contributed by atoms with van der Waals surface area (Å²) in [6.07, 6.45) is 1.81. The van der Waals surface area contributed by atoms with Crippen molar-refractivity contribution < 1.29 is 13.2 Å². The van der Waals surface area contributed by atoms with Gasteiger partial charge in [-0.2, -0.15) is 0 Å². The van der Waals surface area contributed by atoms with Gasteiger partial charge in [-0.1, -0.05) is 25.1 Å². The third-order valence-corrected chi connectivity index (χ3v) is 5.51. The van der Waals surface area contributed by atoms with E-state index in [2.05, 4.69) is 0 Å². The van der Waals surface area contributed by atoms with Gasteiger partial charge in [0.05, 0.1) is 10.6 Å².